The number of aromatic hydroxyl groups is 1. The van der Waals surface area contributed by atoms with Gasteiger partial charge in [0.1, 0.15) is 28.6 Å². The van der Waals surface area contributed by atoms with Gasteiger partial charge in [0.05, 0.1) is 12.0 Å². The maximum atomic E-state index is 14.4. The number of halogens is 2. The third kappa shape index (κ3) is 7.84. The lowest BCUT2D eigenvalue weighted by Crippen LogP contribution is -2.60. The molecule has 14 heteroatoms. The third-order valence-corrected chi connectivity index (χ3v) is 12.0. The average molecular weight is 714 g/mol. The molecule has 1 fully saturated rings. The molecule has 2 aliphatic rings. The van der Waals surface area contributed by atoms with Crippen molar-refractivity contribution in [2.75, 3.05) is 25.4 Å². The number of aromatic nitrogens is 1. The van der Waals surface area contributed by atoms with Crippen LogP contribution in [0.4, 0.5) is 8.78 Å². The molecule has 1 amide bonds. The van der Waals surface area contributed by atoms with E-state index in [1.807, 2.05) is 4.90 Å². The van der Waals surface area contributed by atoms with Gasteiger partial charge in [-0.1, -0.05) is 38.1 Å². The van der Waals surface area contributed by atoms with E-state index >= 15 is 0 Å². The molecule has 50 heavy (non-hydrogen) atoms. The van der Waals surface area contributed by atoms with Crippen LogP contribution in [0.3, 0.4) is 0 Å². The first-order valence-corrected chi connectivity index (χ1v) is 18.6. The van der Waals surface area contributed by atoms with Gasteiger partial charge in [-0.3, -0.25) is 28.6 Å². The van der Waals surface area contributed by atoms with Crippen LogP contribution in [0.2, 0.25) is 0 Å². The van der Waals surface area contributed by atoms with E-state index in [-0.39, 0.29) is 49.3 Å². The molecule has 5 rings (SSSR count). The average Bonchev–Trinajstić information content (AvgIpc) is 3.05. The molecule has 11 nitrogen and oxygen atoms in total. The number of Topliss-reactive ketones (excluding diaryl/α,β-unsaturated/α-hetero) is 1. The van der Waals surface area contributed by atoms with E-state index in [9.17, 15) is 37.6 Å². The molecule has 0 radical (unpaired) electrons. The summed E-state index contributed by atoms with van der Waals surface area (Å²) in [5.41, 5.74) is -2.71. The van der Waals surface area contributed by atoms with Crippen LogP contribution in [0.15, 0.2) is 59.5 Å². The largest absolute Gasteiger partial charge is 0.503 e. The predicted molar refractivity (Wildman–Crippen MR) is 182 cm³/mol. The Bertz CT molecular complexity index is 1880. The van der Waals surface area contributed by atoms with Gasteiger partial charge >= 0.3 is 5.97 Å². The van der Waals surface area contributed by atoms with Crippen LogP contribution in [-0.2, 0) is 27.2 Å². The Morgan fingerprint density at radius 1 is 1.12 bits per heavy atom. The molecule has 0 spiro atoms. The Kier molecular flexibility index (Phi) is 11.0. The van der Waals surface area contributed by atoms with Crippen LogP contribution < -0.4 is 15.3 Å². The fourth-order valence-corrected chi connectivity index (χ4v) is 9.18. The van der Waals surface area contributed by atoms with E-state index < -0.39 is 70.8 Å². The molecule has 1 saturated heterocycles. The number of pyridine rings is 1. The highest BCUT2D eigenvalue weighted by atomic mass is 31.2. The number of rotatable bonds is 12. The van der Waals surface area contributed by atoms with E-state index in [2.05, 4.69) is 5.32 Å². The van der Waals surface area contributed by atoms with Crippen molar-refractivity contribution in [3.63, 3.8) is 0 Å². The summed E-state index contributed by atoms with van der Waals surface area (Å²) in [6.07, 6.45) is 1.98. The number of ether oxygens (including phenoxy) is 1. The van der Waals surface area contributed by atoms with Crippen molar-refractivity contribution in [3.8, 4) is 11.5 Å². The Balaban J connectivity index is 1.39. The first-order chi connectivity index (χ1) is 23.6. The maximum absolute atomic E-state index is 14.4. The van der Waals surface area contributed by atoms with E-state index in [0.717, 1.165) is 6.07 Å². The summed E-state index contributed by atoms with van der Waals surface area (Å²) in [4.78, 5) is 55.0. The van der Waals surface area contributed by atoms with Crippen molar-refractivity contribution in [1.29, 1.82) is 0 Å². The molecule has 4 atom stereocenters. The number of benzene rings is 2. The fourth-order valence-electron chi connectivity index (χ4n) is 6.78. The predicted octanol–water partition coefficient (Wildman–Crippen LogP) is 5.37. The van der Waals surface area contributed by atoms with Gasteiger partial charge in [0, 0.05) is 61.2 Å². The maximum Gasteiger partial charge on any atom is 0.309 e. The van der Waals surface area contributed by atoms with Crippen LogP contribution in [0, 0.1) is 23.0 Å². The Hall–Kier alpha value is -4.35. The summed E-state index contributed by atoms with van der Waals surface area (Å²) in [5.74, 6) is -4.65. The summed E-state index contributed by atoms with van der Waals surface area (Å²) in [6, 6.07) is 11.1. The van der Waals surface area contributed by atoms with Gasteiger partial charge in [-0.2, -0.15) is 0 Å². The molecule has 1 unspecified atom stereocenters. The van der Waals surface area contributed by atoms with Crippen molar-refractivity contribution in [2.24, 2.45) is 11.3 Å². The number of carbonyl (C=O) groups is 3. The lowest BCUT2D eigenvalue weighted by atomic mass is 9.68. The number of hydrogen-bond acceptors (Lipinski definition) is 9. The normalized spacial score (nSPS) is 20.7. The number of nitrogens with zero attached hydrogens (tertiary/aromatic N) is 2. The topological polar surface area (TPSA) is 144 Å². The van der Waals surface area contributed by atoms with Gasteiger partial charge in [0.2, 0.25) is 12.8 Å². The smallest absolute Gasteiger partial charge is 0.309 e. The number of piperidine rings is 1. The van der Waals surface area contributed by atoms with Crippen molar-refractivity contribution < 1.29 is 42.1 Å². The molecule has 2 N–H and O–H groups in total. The van der Waals surface area contributed by atoms with Crippen molar-refractivity contribution in [1.82, 2.24) is 14.8 Å². The number of fused-ring (bicyclic) bond motifs is 2. The van der Waals surface area contributed by atoms with Crippen LogP contribution >= 0.6 is 7.37 Å². The number of carbonyl (C=O) groups excluding carboxylic acids is 3. The monoisotopic (exact) mass is 713 g/mol. The number of hydrogen-bond donors (Lipinski definition) is 2. The van der Waals surface area contributed by atoms with Gasteiger partial charge in [0.15, 0.2) is 11.5 Å². The zero-order valence-corrected chi connectivity index (χ0v) is 29.4. The van der Waals surface area contributed by atoms with Gasteiger partial charge in [-0.25, -0.2) is 8.78 Å². The number of para-hydroxylation sites is 1. The second-order valence-corrected chi connectivity index (χ2v) is 16.2. The highest BCUT2D eigenvalue weighted by Gasteiger charge is 2.52. The number of amides is 1. The quantitative estimate of drug-likeness (QED) is 0.187. The molecule has 2 aromatic carbocycles. The lowest BCUT2D eigenvalue weighted by molar-refractivity contribution is -0.151. The van der Waals surface area contributed by atoms with Crippen LogP contribution in [0.25, 0.3) is 0 Å². The highest BCUT2D eigenvalue weighted by Crippen LogP contribution is 2.50. The van der Waals surface area contributed by atoms with Crippen LogP contribution in [0.5, 0.6) is 11.5 Å². The van der Waals surface area contributed by atoms with Crippen molar-refractivity contribution in [3.05, 3.63) is 93.4 Å². The lowest BCUT2D eigenvalue weighted by Gasteiger charge is -2.50. The minimum atomic E-state index is -3.50. The second-order valence-electron chi connectivity index (χ2n) is 13.6. The molecule has 0 aliphatic carbocycles. The molecular weight excluding hydrogens is 671 g/mol. The molecule has 3 heterocycles. The molecule has 0 saturated carbocycles. The van der Waals surface area contributed by atoms with Gasteiger partial charge in [-0.15, -0.1) is 0 Å². The summed E-state index contributed by atoms with van der Waals surface area (Å²) < 4.78 is 54.8. The Labute approximate surface area is 289 Å². The molecule has 0 bridgehead atoms. The molecule has 3 aromatic rings. The highest BCUT2D eigenvalue weighted by molar-refractivity contribution is 7.59. The minimum Gasteiger partial charge on any atom is -0.503 e. The second kappa shape index (κ2) is 14.9. The number of likely N-dealkylation sites (tertiary alicyclic amines) is 1. The van der Waals surface area contributed by atoms with Gasteiger partial charge < -0.3 is 24.3 Å². The summed E-state index contributed by atoms with van der Waals surface area (Å²) in [6.45, 7) is 7.49. The summed E-state index contributed by atoms with van der Waals surface area (Å²) in [7, 11) is -3.50. The number of esters is 1. The summed E-state index contributed by atoms with van der Waals surface area (Å²) in [5, 5.41) is 13.4. The molecule has 2 aliphatic heterocycles. The van der Waals surface area contributed by atoms with Crippen molar-refractivity contribution >= 4 is 25.0 Å². The zero-order chi connectivity index (χ0) is 36.4. The Morgan fingerprint density at radius 2 is 1.84 bits per heavy atom. The number of nitrogens with one attached hydrogen (secondary N) is 1. The third-order valence-electron chi connectivity index (χ3n) is 9.43. The first-order valence-electron chi connectivity index (χ1n) is 16.6. The van der Waals surface area contributed by atoms with Crippen LogP contribution in [0.1, 0.15) is 66.9 Å². The Morgan fingerprint density at radius 3 is 2.52 bits per heavy atom. The first kappa shape index (κ1) is 36.9. The summed E-state index contributed by atoms with van der Waals surface area (Å²) >= 11 is 0. The van der Waals surface area contributed by atoms with E-state index in [0.29, 0.717) is 31.2 Å². The van der Waals surface area contributed by atoms with Crippen LogP contribution in [-0.4, -0.2) is 69.8 Å². The fraction of sp³-hybridized carbons (Fsp3) is 0.444. The number of ketones is 1. The standard InChI is InChI=1S/C36H42F2N3O8P/c1-22(2)48-35(46)23(3)21-50(47,49-26-9-6-5-7-10-26)16-15-40-14-8-13-36(4)29(40)20-41-19-27(31(42)32(43)30(41)33(36)44)34(45)39-18-24-11-12-25(37)17-28(24)38/h5-7,9-12,17,19,22-23,29,43H,8,13-16,18,20-21H2,1-4H3,(H,39,45)/t23-,29-,36-,50?/m0/s1. The van der Waals surface area contributed by atoms with Crippen molar-refractivity contribution in [2.45, 2.75) is 65.8 Å². The van der Waals surface area contributed by atoms with E-state index in [4.69, 9.17) is 9.26 Å². The van der Waals surface area contributed by atoms with Gasteiger partial charge in [-0.05, 0) is 51.4 Å². The molecule has 1 aromatic heterocycles. The SMILES string of the molecule is CC(C)OC(=O)[C@@H](C)CP(=O)(CCN1CCC[C@]2(C)C(=O)c3c(O)c(=O)c(C(=O)NCc4ccc(F)cc4F)cn3C[C@H]12)Oc1ccccc1. The zero-order valence-electron chi connectivity index (χ0n) is 28.5. The molecule has 268 valence electrons. The van der Waals surface area contributed by atoms with E-state index in [1.54, 1.807) is 58.0 Å². The minimum absolute atomic E-state index is 0.00873. The van der Waals surface area contributed by atoms with E-state index in [1.165, 1.54) is 16.8 Å². The molecular formula is C36H42F2N3O8P. The van der Waals surface area contributed by atoms with Gasteiger partial charge in [0.25, 0.3) is 5.91 Å².